The fraction of sp³-hybridized carbons (Fsp3) is 0.530. The molecular formula is C83H101ClN10O25. The normalized spacial score (nSPS) is 32.0. The Balaban J connectivity index is 0.961. The lowest BCUT2D eigenvalue weighted by Crippen LogP contribution is -2.64. The fourth-order valence-electron chi connectivity index (χ4n) is 18.3. The van der Waals surface area contributed by atoms with Crippen LogP contribution in [0.3, 0.4) is 0 Å². The van der Waals surface area contributed by atoms with Crippen molar-refractivity contribution in [3.05, 3.63) is 129 Å². The van der Waals surface area contributed by atoms with Gasteiger partial charge in [0.1, 0.15) is 90.6 Å². The molecule has 4 saturated carbocycles. The van der Waals surface area contributed by atoms with Crippen LogP contribution in [0.2, 0.25) is 5.02 Å². The van der Waals surface area contributed by atoms with Crippen LogP contribution in [0.4, 0.5) is 0 Å². The Morgan fingerprint density at radius 3 is 2.03 bits per heavy atom. The van der Waals surface area contributed by atoms with Crippen molar-refractivity contribution >= 4 is 64.8 Å². The van der Waals surface area contributed by atoms with E-state index in [1.807, 2.05) is 20.8 Å². The molecule has 5 aromatic carbocycles. The molecule has 7 heterocycles. The Kier molecular flexibility index (Phi) is 25.2. The monoisotopic (exact) mass is 1670 g/mol. The summed E-state index contributed by atoms with van der Waals surface area (Å²) in [7, 11) is 1.48. The van der Waals surface area contributed by atoms with E-state index >= 15 is 28.8 Å². The molecular weight excluding hydrogens is 1570 g/mol. The van der Waals surface area contributed by atoms with E-state index in [4.69, 9.17) is 50.5 Å². The number of carbonyl (C=O) groups excluding carboxylic acids is 9. The van der Waals surface area contributed by atoms with Gasteiger partial charge in [-0.2, -0.15) is 0 Å². The molecule has 17 rings (SSSR count). The Hall–Kier alpha value is -9.54. The number of halogens is 1. The lowest BCUT2D eigenvalue weighted by molar-refractivity contribution is -0.333. The van der Waals surface area contributed by atoms with Gasteiger partial charge in [-0.15, -0.1) is 0 Å². The van der Waals surface area contributed by atoms with Gasteiger partial charge in [-0.05, 0) is 189 Å². The van der Waals surface area contributed by atoms with Crippen LogP contribution in [0.1, 0.15) is 168 Å². The zero-order valence-corrected chi connectivity index (χ0v) is 66.8. The number of nitrogens with two attached hydrogens (primary N) is 1. The maximum atomic E-state index is 16.6. The summed E-state index contributed by atoms with van der Waals surface area (Å²) >= 11 is 7.19. The number of unbranched alkanes of at least 4 members (excludes halogenated alkanes) is 1. The van der Waals surface area contributed by atoms with E-state index in [9.17, 15) is 60.3 Å². The molecule has 7 aliphatic heterocycles. The first kappa shape index (κ1) is 85.9. The quantitative estimate of drug-likeness (QED) is 0.0410. The number of likely N-dealkylation sites (N-methyl/N-ethyl adjacent to an activating group) is 1. The summed E-state index contributed by atoms with van der Waals surface area (Å²) in [6, 6.07) is 2.72. The molecule has 0 radical (unpaired) electrons. The lowest BCUT2D eigenvalue weighted by atomic mass is 9.54. The second kappa shape index (κ2) is 34.9. The number of carbonyl (C=O) groups is 9. The van der Waals surface area contributed by atoms with Gasteiger partial charge >= 0.3 is 0 Å². The zero-order chi connectivity index (χ0) is 85.1. The van der Waals surface area contributed by atoms with E-state index in [1.165, 1.54) is 81.6 Å². The largest absolute Gasteiger partial charge is 0.508 e. The third-order valence-electron chi connectivity index (χ3n) is 24.2. The highest BCUT2D eigenvalue weighted by Gasteiger charge is 2.54. The first-order chi connectivity index (χ1) is 56.6. The number of fused-ring (bicyclic) bond motifs is 12. The summed E-state index contributed by atoms with van der Waals surface area (Å²) < 4.78 is 44.5. The van der Waals surface area contributed by atoms with Gasteiger partial charge in [-0.1, -0.05) is 69.1 Å². The molecule has 640 valence electrons. The van der Waals surface area contributed by atoms with E-state index in [1.54, 1.807) is 0 Å². The molecule has 0 aromatic heterocycles. The molecule has 5 aliphatic carbocycles. The third kappa shape index (κ3) is 17.7. The number of hydrogen-bond acceptors (Lipinski definition) is 27. The minimum Gasteiger partial charge on any atom is -0.508 e. The van der Waals surface area contributed by atoms with Crippen LogP contribution >= 0.6 is 11.6 Å². The molecule has 20 N–H and O–H groups in total. The highest BCUT2D eigenvalue weighted by molar-refractivity contribution is 6.32. The number of amides is 9. The highest BCUT2D eigenvalue weighted by atomic mass is 35.5. The Bertz CT molecular complexity index is 4720. The number of aliphatic hydroxyl groups is 8. The van der Waals surface area contributed by atoms with Gasteiger partial charge < -0.3 is 127 Å². The van der Waals surface area contributed by atoms with E-state index in [2.05, 4.69) is 47.9 Å². The molecule has 119 heavy (non-hydrogen) atoms. The first-order valence-corrected chi connectivity index (χ1v) is 40.5. The van der Waals surface area contributed by atoms with Crippen LogP contribution in [-0.4, -0.2) is 211 Å². The second-order valence-electron chi connectivity index (χ2n) is 33.4. The Morgan fingerprint density at radius 2 is 1.37 bits per heavy atom. The number of imide groups is 1. The number of aromatic hydroxyl groups is 1. The number of aliphatic hydroxyl groups excluding tert-OH is 6. The van der Waals surface area contributed by atoms with Crippen LogP contribution in [0.5, 0.6) is 34.5 Å². The Labute approximate surface area is 688 Å². The van der Waals surface area contributed by atoms with Crippen LogP contribution in [0.15, 0.2) is 84.9 Å². The van der Waals surface area contributed by atoms with Crippen molar-refractivity contribution in [1.82, 2.24) is 47.9 Å². The van der Waals surface area contributed by atoms with E-state index in [0.29, 0.717) is 24.7 Å². The van der Waals surface area contributed by atoms with Crippen LogP contribution in [0.25, 0.3) is 11.1 Å². The maximum Gasteiger partial charge on any atom is 0.252 e. The summed E-state index contributed by atoms with van der Waals surface area (Å²) in [6.45, 7) is 7.10. The maximum absolute atomic E-state index is 16.6. The number of rotatable bonds is 19. The highest BCUT2D eigenvalue weighted by Crippen LogP contribution is 2.56. The summed E-state index contributed by atoms with van der Waals surface area (Å²) in [5, 5.41) is 131. The molecule has 12 aliphatic rings. The lowest BCUT2D eigenvalue weighted by Gasteiger charge is -2.54. The summed E-state index contributed by atoms with van der Waals surface area (Å²) in [6.07, 6.45) is -12.7. The average molecular weight is 1670 g/mol. The topological polar surface area (TPSA) is 535 Å². The van der Waals surface area contributed by atoms with Gasteiger partial charge in [-0.3, -0.25) is 48.5 Å². The minimum absolute atomic E-state index is 0.0854. The number of nitrogens with one attached hydrogen (secondary N) is 9. The third-order valence-corrected chi connectivity index (χ3v) is 24.5. The Morgan fingerprint density at radius 1 is 0.706 bits per heavy atom. The van der Waals surface area contributed by atoms with Gasteiger partial charge in [0.2, 0.25) is 65.1 Å². The second-order valence-corrected chi connectivity index (χ2v) is 33.8. The van der Waals surface area contributed by atoms with Gasteiger partial charge in [0.25, 0.3) is 5.91 Å². The number of ether oxygens (including phenoxy) is 7. The van der Waals surface area contributed by atoms with Crippen molar-refractivity contribution in [2.24, 2.45) is 35.3 Å². The van der Waals surface area contributed by atoms with Crippen molar-refractivity contribution < 1.29 is 122 Å². The average Bonchev–Trinajstić information content (AvgIpc) is 1.56. The predicted octanol–water partition coefficient (Wildman–Crippen LogP) is 1.37. The van der Waals surface area contributed by atoms with Gasteiger partial charge in [0.15, 0.2) is 23.9 Å². The molecule has 5 aromatic rings. The standard InChI is InChI=1S/C83H101ClN10O25/c1-7-8-17-113-33-58(98)88-57(97)30-52-75(105)90-63-43-26-54(71(119-81-72(70(102)69(101)56(32-95)117-81)118-59-31-82(5,85)73(103)35(4)114-59)55(27-43)116-53-16-12-40(25-50(53)84)68(100)66(79(109)87-52)93-74(104)51(86-6)18-34(2)3)115-45-13-9-38(10-14-45)67(99)65-80(110)92-64(78(108)89-61-41-20-36-19-37(22-41)23-42(61)21-36)47-28-44(96)29-49-60(47)46-24-39(11-15-48(46)83(49,111)112)62(76(106)94-65)91-77(63)107/h9-16,24-29,34-37,41-42,51-52,56,59,61-70,72-73,81,86,95-96,99-103,111-112H,7-8,17-23,30-33,85H2,1-6H3,(H,87,109)(H,89,108)(H,90,105)(H,91,107)(H,92,110)(H,93,104)(H,94,106)(H,88,97,98)/t35-,36?,37?,41?,42?,51+,52-,56+,59-,61?,62+,63+,64-,65-,66+,67+,68+,69+,70-,72+,73+,81-,82-/m0/s1. The number of hydrogen-bond donors (Lipinski definition) is 19. The van der Waals surface area contributed by atoms with Crippen molar-refractivity contribution in [2.45, 2.75) is 220 Å². The molecule has 15 bridgehead atoms. The van der Waals surface area contributed by atoms with Crippen LogP contribution in [-0.2, 0) is 67.9 Å². The van der Waals surface area contributed by atoms with E-state index in [0.717, 1.165) is 56.4 Å². The van der Waals surface area contributed by atoms with Crippen molar-refractivity contribution in [3.8, 4) is 45.6 Å². The summed E-state index contributed by atoms with van der Waals surface area (Å²) in [5.41, 5.74) is 3.31. The fourth-order valence-corrected chi connectivity index (χ4v) is 18.5. The smallest absolute Gasteiger partial charge is 0.252 e. The number of benzene rings is 5. The van der Waals surface area contributed by atoms with E-state index in [-0.39, 0.29) is 104 Å². The zero-order valence-electron chi connectivity index (χ0n) is 66.1. The van der Waals surface area contributed by atoms with Crippen LogP contribution in [0, 0.1) is 29.6 Å². The molecule has 35 nitrogen and oxygen atoms in total. The van der Waals surface area contributed by atoms with E-state index < -0.39 is 216 Å². The number of phenolic OH excluding ortho intramolecular Hbond substituents is 1. The minimum atomic E-state index is -2.97. The van der Waals surface area contributed by atoms with Gasteiger partial charge in [-0.25, -0.2) is 0 Å². The molecule has 2 saturated heterocycles. The number of phenols is 1. The molecule has 0 spiro atoms. The molecule has 0 unspecified atom stereocenters. The summed E-state index contributed by atoms with van der Waals surface area (Å²) in [5.74, 6) is -15.2. The summed E-state index contributed by atoms with van der Waals surface area (Å²) in [4.78, 5) is 137. The van der Waals surface area contributed by atoms with Crippen LogP contribution < -0.4 is 67.8 Å². The SMILES string of the molecule is CCCCOCC(=O)NC(=O)C[C@@H]1NC(=O)[C@H](NC(=O)[C@@H](CC(C)C)NC)[C@H](O)c2ccc(c(Cl)c2)Oc2cc3cc(c2O[C@@H]2O[C@H](CO)[C@@H](O)[C@H](O)[C@H]2O[C@H]2C[C@](C)(N)[C@H](O)[C@H](C)O2)Oc2ccc(cc2)[C@@H](O)[C@@H]2NC(=O)[C@H](NC(=O)[C@@H]3NC1=O)c1ccc3c(c1)-c1c(cc(O)cc1C3(O)O)[C@@H](C(=O)NC1C3CC4CC(C3)CC1C4)NC2=O. The van der Waals surface area contributed by atoms with Crippen molar-refractivity contribution in [3.63, 3.8) is 0 Å². The van der Waals surface area contributed by atoms with Crippen molar-refractivity contribution in [1.29, 1.82) is 0 Å². The predicted molar refractivity (Wildman–Crippen MR) is 417 cm³/mol. The van der Waals surface area contributed by atoms with Crippen molar-refractivity contribution in [2.75, 3.05) is 26.9 Å². The van der Waals surface area contributed by atoms with Gasteiger partial charge in [0.05, 0.1) is 36.3 Å². The molecule has 36 heteroatoms. The molecule has 6 fully saturated rings. The van der Waals surface area contributed by atoms with Gasteiger partial charge in [0, 0.05) is 35.7 Å². The molecule has 18 atom stereocenters. The first-order valence-electron chi connectivity index (χ1n) is 40.1. The molecule has 9 amide bonds.